The second-order valence-electron chi connectivity index (χ2n) is 4.40. The smallest absolute Gasteiger partial charge is 0.138 e. The third-order valence-corrected chi connectivity index (χ3v) is 3.17. The fraction of sp³-hybridized carbons (Fsp3) is 0. The number of hydrogen-bond donors (Lipinski definition) is 0. The van der Waals surface area contributed by atoms with Crippen LogP contribution in [0.4, 0.5) is 4.39 Å². The minimum Gasteiger partial charge on any atom is -0.206 e. The van der Waals surface area contributed by atoms with Crippen LogP contribution in [0.15, 0.2) is 78.9 Å². The van der Waals surface area contributed by atoms with Crippen LogP contribution in [0.5, 0.6) is 0 Å². The van der Waals surface area contributed by atoms with Crippen LogP contribution in [0.3, 0.4) is 0 Å². The maximum atomic E-state index is 14.6. The van der Waals surface area contributed by atoms with E-state index in [1.165, 1.54) is 0 Å². The average molecular weight is 248 g/mol. The first-order chi connectivity index (χ1) is 9.36. The van der Waals surface area contributed by atoms with Gasteiger partial charge in [-0.1, -0.05) is 78.9 Å². The monoisotopic (exact) mass is 248 g/mol. The van der Waals surface area contributed by atoms with Crippen molar-refractivity contribution in [1.82, 2.24) is 0 Å². The van der Waals surface area contributed by atoms with Crippen molar-refractivity contribution in [2.75, 3.05) is 0 Å². The molecule has 0 saturated carbocycles. The van der Waals surface area contributed by atoms with Gasteiger partial charge in [0.2, 0.25) is 0 Å². The van der Waals surface area contributed by atoms with Crippen molar-refractivity contribution in [3.63, 3.8) is 0 Å². The molecule has 0 unspecified atom stereocenters. The van der Waals surface area contributed by atoms with Gasteiger partial charge in [-0.2, -0.15) is 0 Å². The Labute approximate surface area is 112 Å². The van der Waals surface area contributed by atoms with Gasteiger partial charge in [0.25, 0.3) is 0 Å². The van der Waals surface area contributed by atoms with Crippen LogP contribution in [0, 0.1) is 5.82 Å². The third kappa shape index (κ3) is 2.27. The van der Waals surface area contributed by atoms with Crippen molar-refractivity contribution in [1.29, 1.82) is 0 Å². The number of hydrogen-bond acceptors (Lipinski definition) is 0. The van der Waals surface area contributed by atoms with Gasteiger partial charge in [0.05, 0.1) is 0 Å². The van der Waals surface area contributed by atoms with E-state index in [-0.39, 0.29) is 5.82 Å². The zero-order valence-electron chi connectivity index (χ0n) is 10.4. The Morgan fingerprint density at radius 1 is 0.474 bits per heavy atom. The molecular formula is C18H13F. The molecule has 0 bridgehead atoms. The molecule has 0 saturated heterocycles. The molecule has 0 heterocycles. The molecule has 0 aliphatic rings. The highest BCUT2D eigenvalue weighted by atomic mass is 19.1. The number of halogens is 1. The van der Waals surface area contributed by atoms with E-state index < -0.39 is 0 Å². The lowest BCUT2D eigenvalue weighted by Gasteiger charge is -2.08. The van der Waals surface area contributed by atoms with Crippen molar-refractivity contribution >= 4 is 0 Å². The Balaban J connectivity index is 2.15. The third-order valence-electron chi connectivity index (χ3n) is 3.17. The highest BCUT2D eigenvalue weighted by Crippen LogP contribution is 2.30. The second-order valence-corrected chi connectivity index (χ2v) is 4.40. The molecule has 0 aromatic heterocycles. The normalized spacial score (nSPS) is 10.4. The summed E-state index contributed by atoms with van der Waals surface area (Å²) < 4.78 is 14.6. The van der Waals surface area contributed by atoms with Crippen molar-refractivity contribution < 1.29 is 4.39 Å². The summed E-state index contributed by atoms with van der Waals surface area (Å²) in [6, 6.07) is 24.8. The molecule has 0 atom stereocenters. The number of benzene rings is 3. The van der Waals surface area contributed by atoms with Gasteiger partial charge in [0, 0.05) is 11.1 Å². The molecule has 3 rings (SSSR count). The SMILES string of the molecule is Fc1c(-c2ccccc2)cccc1-c1ccccc1. The van der Waals surface area contributed by atoms with E-state index in [4.69, 9.17) is 0 Å². The van der Waals surface area contributed by atoms with Crippen LogP contribution in [0.1, 0.15) is 0 Å². The molecule has 0 aliphatic carbocycles. The molecule has 3 aromatic carbocycles. The van der Waals surface area contributed by atoms with Gasteiger partial charge in [-0.15, -0.1) is 0 Å². The van der Waals surface area contributed by atoms with Crippen molar-refractivity contribution in [3.05, 3.63) is 84.7 Å². The van der Waals surface area contributed by atoms with E-state index in [9.17, 15) is 4.39 Å². The predicted molar refractivity (Wildman–Crippen MR) is 77.3 cm³/mol. The summed E-state index contributed by atoms with van der Waals surface area (Å²) in [5.74, 6) is -0.167. The summed E-state index contributed by atoms with van der Waals surface area (Å²) in [6.45, 7) is 0. The molecule has 0 N–H and O–H groups in total. The minimum atomic E-state index is -0.167. The molecule has 19 heavy (non-hydrogen) atoms. The van der Waals surface area contributed by atoms with Gasteiger partial charge in [0.15, 0.2) is 0 Å². The molecule has 0 aliphatic heterocycles. The molecule has 0 fully saturated rings. The van der Waals surface area contributed by atoms with Crippen molar-refractivity contribution in [2.45, 2.75) is 0 Å². The summed E-state index contributed by atoms with van der Waals surface area (Å²) in [4.78, 5) is 0. The first-order valence-corrected chi connectivity index (χ1v) is 6.25. The Kier molecular flexibility index (Phi) is 3.11. The largest absolute Gasteiger partial charge is 0.206 e. The first kappa shape index (κ1) is 11.7. The quantitative estimate of drug-likeness (QED) is 0.587. The second kappa shape index (κ2) is 5.07. The lowest BCUT2D eigenvalue weighted by molar-refractivity contribution is 0.635. The van der Waals surface area contributed by atoms with E-state index in [0.717, 1.165) is 11.1 Å². The van der Waals surface area contributed by atoms with Crippen LogP contribution >= 0.6 is 0 Å². The van der Waals surface area contributed by atoms with E-state index >= 15 is 0 Å². The van der Waals surface area contributed by atoms with E-state index in [0.29, 0.717) is 11.1 Å². The van der Waals surface area contributed by atoms with Gasteiger partial charge in [-0.3, -0.25) is 0 Å². The van der Waals surface area contributed by atoms with Gasteiger partial charge >= 0.3 is 0 Å². The van der Waals surface area contributed by atoms with Crippen molar-refractivity contribution in [2.24, 2.45) is 0 Å². The van der Waals surface area contributed by atoms with E-state index in [1.807, 2.05) is 78.9 Å². The highest BCUT2D eigenvalue weighted by molar-refractivity contribution is 5.74. The summed E-state index contributed by atoms with van der Waals surface area (Å²) in [7, 11) is 0. The van der Waals surface area contributed by atoms with Crippen LogP contribution in [0.2, 0.25) is 0 Å². The molecular weight excluding hydrogens is 235 g/mol. The summed E-state index contributed by atoms with van der Waals surface area (Å²) in [6.07, 6.45) is 0. The predicted octanol–water partition coefficient (Wildman–Crippen LogP) is 5.16. The molecule has 0 radical (unpaired) electrons. The molecule has 92 valence electrons. The first-order valence-electron chi connectivity index (χ1n) is 6.25. The molecule has 0 spiro atoms. The van der Waals surface area contributed by atoms with Crippen LogP contribution < -0.4 is 0 Å². The lowest BCUT2D eigenvalue weighted by Crippen LogP contribution is -1.89. The van der Waals surface area contributed by atoms with E-state index in [1.54, 1.807) is 0 Å². The highest BCUT2D eigenvalue weighted by Gasteiger charge is 2.10. The molecule has 0 amide bonds. The average Bonchev–Trinajstić information content (AvgIpc) is 2.49. The topological polar surface area (TPSA) is 0 Å². The van der Waals surface area contributed by atoms with E-state index in [2.05, 4.69) is 0 Å². The summed E-state index contributed by atoms with van der Waals surface area (Å²) in [5.41, 5.74) is 3.08. The zero-order chi connectivity index (χ0) is 13.1. The van der Waals surface area contributed by atoms with Crippen LogP contribution in [0.25, 0.3) is 22.3 Å². The minimum absolute atomic E-state index is 0.167. The lowest BCUT2D eigenvalue weighted by atomic mass is 9.98. The van der Waals surface area contributed by atoms with Crippen LogP contribution in [-0.4, -0.2) is 0 Å². The fourth-order valence-corrected chi connectivity index (χ4v) is 2.21. The maximum absolute atomic E-state index is 14.6. The number of rotatable bonds is 2. The molecule has 3 aromatic rings. The molecule has 0 nitrogen and oxygen atoms in total. The zero-order valence-corrected chi connectivity index (χ0v) is 10.4. The van der Waals surface area contributed by atoms with Gasteiger partial charge in [-0.25, -0.2) is 4.39 Å². The Bertz CT molecular complexity index is 615. The van der Waals surface area contributed by atoms with Gasteiger partial charge < -0.3 is 0 Å². The van der Waals surface area contributed by atoms with Gasteiger partial charge in [0.1, 0.15) is 5.82 Å². The Hall–Kier alpha value is -2.41. The fourth-order valence-electron chi connectivity index (χ4n) is 2.21. The standard InChI is InChI=1S/C18H13F/c19-18-16(14-8-3-1-4-9-14)12-7-13-17(18)15-10-5-2-6-11-15/h1-13H. The molecule has 1 heteroatoms. The maximum Gasteiger partial charge on any atom is 0.138 e. The Morgan fingerprint density at radius 2 is 0.895 bits per heavy atom. The van der Waals surface area contributed by atoms with Gasteiger partial charge in [-0.05, 0) is 11.1 Å². The summed E-state index contributed by atoms with van der Waals surface area (Å²) in [5, 5.41) is 0. The van der Waals surface area contributed by atoms with Crippen LogP contribution in [-0.2, 0) is 0 Å². The summed E-state index contributed by atoms with van der Waals surface area (Å²) >= 11 is 0. The Morgan fingerprint density at radius 3 is 1.32 bits per heavy atom. The van der Waals surface area contributed by atoms with Crippen molar-refractivity contribution in [3.8, 4) is 22.3 Å².